The number of aliphatic hydroxyl groups is 1. The average molecular weight is 291 g/mol. The lowest BCUT2D eigenvalue weighted by Crippen LogP contribution is -2.22. The molecule has 1 aromatic heterocycles. The van der Waals surface area contributed by atoms with Crippen molar-refractivity contribution >= 4 is 0 Å². The molecule has 1 unspecified atom stereocenters. The maximum Gasteiger partial charge on any atom is 0.241 e. The summed E-state index contributed by atoms with van der Waals surface area (Å²) >= 11 is 0. The van der Waals surface area contributed by atoms with Crippen molar-refractivity contribution in [2.24, 2.45) is 0 Å². The van der Waals surface area contributed by atoms with Crippen molar-refractivity contribution in [3.8, 4) is 17.1 Å². The second-order valence-corrected chi connectivity index (χ2v) is 5.12. The summed E-state index contributed by atoms with van der Waals surface area (Å²) in [5.74, 6) is 1.86. The Morgan fingerprint density at radius 3 is 2.95 bits per heavy atom. The summed E-state index contributed by atoms with van der Waals surface area (Å²) < 4.78 is 10.4. The minimum Gasteiger partial charge on any atom is -0.497 e. The summed E-state index contributed by atoms with van der Waals surface area (Å²) in [6.45, 7) is 3.11. The molecule has 0 amide bonds. The van der Waals surface area contributed by atoms with Crippen LogP contribution in [0.3, 0.4) is 0 Å². The quantitative estimate of drug-likeness (QED) is 0.840. The minimum absolute atomic E-state index is 0.303. The summed E-state index contributed by atoms with van der Waals surface area (Å²) in [6, 6.07) is 7.54. The molecular formula is C15H21N3O3. The van der Waals surface area contributed by atoms with Crippen LogP contribution in [0.2, 0.25) is 0 Å². The molecule has 0 saturated heterocycles. The molecule has 0 spiro atoms. The number of methoxy groups -OCH3 is 1. The van der Waals surface area contributed by atoms with E-state index in [2.05, 4.69) is 10.1 Å². The molecule has 114 valence electrons. The van der Waals surface area contributed by atoms with Gasteiger partial charge in [-0.15, -0.1) is 0 Å². The van der Waals surface area contributed by atoms with E-state index in [4.69, 9.17) is 9.26 Å². The summed E-state index contributed by atoms with van der Waals surface area (Å²) in [4.78, 5) is 6.42. The van der Waals surface area contributed by atoms with Gasteiger partial charge in [0.25, 0.3) is 0 Å². The average Bonchev–Trinajstić information content (AvgIpc) is 2.93. The molecule has 2 aromatic rings. The Hall–Kier alpha value is -1.92. The number of aromatic nitrogens is 2. The molecule has 1 atom stereocenters. The predicted octanol–water partition coefficient (Wildman–Crippen LogP) is 1.95. The number of ether oxygens (including phenoxy) is 1. The fraction of sp³-hybridized carbons (Fsp3) is 0.467. The standard InChI is InChI=1S/C15H21N3O3/c1-11(19)7-8-18(2)10-14-16-15(17-21-14)12-5-4-6-13(9-12)20-3/h4-6,9,11,19H,7-8,10H2,1-3H3. The summed E-state index contributed by atoms with van der Waals surface area (Å²) in [7, 11) is 3.58. The van der Waals surface area contributed by atoms with E-state index in [1.807, 2.05) is 36.2 Å². The maximum atomic E-state index is 9.28. The van der Waals surface area contributed by atoms with Crippen LogP contribution < -0.4 is 4.74 Å². The molecule has 0 bridgehead atoms. The van der Waals surface area contributed by atoms with E-state index in [0.717, 1.165) is 17.9 Å². The molecule has 21 heavy (non-hydrogen) atoms. The van der Waals surface area contributed by atoms with Gasteiger partial charge in [-0.05, 0) is 32.5 Å². The Morgan fingerprint density at radius 1 is 1.43 bits per heavy atom. The zero-order chi connectivity index (χ0) is 15.2. The topological polar surface area (TPSA) is 71.6 Å². The van der Waals surface area contributed by atoms with Crippen molar-refractivity contribution in [3.05, 3.63) is 30.2 Å². The third kappa shape index (κ3) is 4.54. The van der Waals surface area contributed by atoms with E-state index in [9.17, 15) is 5.11 Å². The highest BCUT2D eigenvalue weighted by molar-refractivity contribution is 5.56. The maximum absolute atomic E-state index is 9.28. The number of nitrogens with zero attached hydrogens (tertiary/aromatic N) is 3. The predicted molar refractivity (Wildman–Crippen MR) is 78.9 cm³/mol. The van der Waals surface area contributed by atoms with E-state index >= 15 is 0 Å². The van der Waals surface area contributed by atoms with Crippen LogP contribution in [0.25, 0.3) is 11.4 Å². The van der Waals surface area contributed by atoms with Gasteiger partial charge in [-0.3, -0.25) is 4.90 Å². The first-order chi connectivity index (χ1) is 10.1. The molecule has 1 N–H and O–H groups in total. The third-order valence-electron chi connectivity index (χ3n) is 3.13. The van der Waals surface area contributed by atoms with E-state index in [-0.39, 0.29) is 6.10 Å². The largest absolute Gasteiger partial charge is 0.497 e. The van der Waals surface area contributed by atoms with E-state index in [1.54, 1.807) is 14.0 Å². The van der Waals surface area contributed by atoms with Crippen LogP contribution in [0.4, 0.5) is 0 Å². The van der Waals surface area contributed by atoms with Gasteiger partial charge >= 0.3 is 0 Å². The first-order valence-corrected chi connectivity index (χ1v) is 6.92. The molecular weight excluding hydrogens is 270 g/mol. The summed E-state index contributed by atoms with van der Waals surface area (Å²) in [5, 5.41) is 13.3. The lowest BCUT2D eigenvalue weighted by molar-refractivity contribution is 0.158. The summed E-state index contributed by atoms with van der Waals surface area (Å²) in [5.41, 5.74) is 0.857. The highest BCUT2D eigenvalue weighted by atomic mass is 16.5. The van der Waals surface area contributed by atoms with Crippen molar-refractivity contribution in [3.63, 3.8) is 0 Å². The fourth-order valence-corrected chi connectivity index (χ4v) is 1.92. The van der Waals surface area contributed by atoms with Crippen molar-refractivity contribution in [1.29, 1.82) is 0 Å². The van der Waals surface area contributed by atoms with Crippen molar-refractivity contribution < 1.29 is 14.4 Å². The first kappa shape index (κ1) is 15.5. The zero-order valence-electron chi connectivity index (χ0n) is 12.6. The van der Waals surface area contributed by atoms with E-state index < -0.39 is 0 Å². The van der Waals surface area contributed by atoms with Crippen LogP contribution in [0.15, 0.2) is 28.8 Å². The number of hydrogen-bond donors (Lipinski definition) is 1. The molecule has 0 fully saturated rings. The normalized spacial score (nSPS) is 12.6. The zero-order valence-corrected chi connectivity index (χ0v) is 12.6. The molecule has 1 aromatic carbocycles. The fourth-order valence-electron chi connectivity index (χ4n) is 1.92. The molecule has 0 aliphatic carbocycles. The smallest absolute Gasteiger partial charge is 0.241 e. The minimum atomic E-state index is -0.303. The highest BCUT2D eigenvalue weighted by Gasteiger charge is 2.11. The van der Waals surface area contributed by atoms with Crippen LogP contribution in [0, 0.1) is 0 Å². The van der Waals surface area contributed by atoms with Gasteiger partial charge in [-0.25, -0.2) is 0 Å². The van der Waals surface area contributed by atoms with Gasteiger partial charge in [-0.1, -0.05) is 17.3 Å². The van der Waals surface area contributed by atoms with Gasteiger partial charge < -0.3 is 14.4 Å². The molecule has 0 saturated carbocycles. The molecule has 0 aliphatic rings. The van der Waals surface area contributed by atoms with Crippen molar-refractivity contribution in [1.82, 2.24) is 15.0 Å². The Bertz CT molecular complexity index is 569. The first-order valence-electron chi connectivity index (χ1n) is 6.92. The molecule has 1 heterocycles. The van der Waals surface area contributed by atoms with Crippen LogP contribution in [-0.4, -0.2) is 47.0 Å². The second kappa shape index (κ2) is 7.19. The number of hydrogen-bond acceptors (Lipinski definition) is 6. The SMILES string of the molecule is COc1cccc(-c2noc(CN(C)CCC(C)O)n2)c1. The third-order valence-corrected chi connectivity index (χ3v) is 3.13. The van der Waals surface area contributed by atoms with Crippen LogP contribution >= 0.6 is 0 Å². The van der Waals surface area contributed by atoms with Gasteiger partial charge in [0.05, 0.1) is 19.8 Å². The van der Waals surface area contributed by atoms with Gasteiger partial charge in [0.2, 0.25) is 11.7 Å². The molecule has 6 heteroatoms. The van der Waals surface area contributed by atoms with Crippen molar-refractivity contribution in [2.75, 3.05) is 20.7 Å². The molecule has 2 rings (SSSR count). The van der Waals surface area contributed by atoms with Crippen LogP contribution in [0.1, 0.15) is 19.2 Å². The van der Waals surface area contributed by atoms with Gasteiger partial charge in [0, 0.05) is 12.1 Å². The Morgan fingerprint density at radius 2 is 2.24 bits per heavy atom. The Balaban J connectivity index is 2.00. The van der Waals surface area contributed by atoms with Crippen LogP contribution in [-0.2, 0) is 6.54 Å². The molecule has 6 nitrogen and oxygen atoms in total. The van der Waals surface area contributed by atoms with Crippen LogP contribution in [0.5, 0.6) is 5.75 Å². The lowest BCUT2D eigenvalue weighted by Gasteiger charge is -2.14. The van der Waals surface area contributed by atoms with Gasteiger partial charge in [0.1, 0.15) is 5.75 Å². The van der Waals surface area contributed by atoms with Crippen molar-refractivity contribution in [2.45, 2.75) is 26.0 Å². The highest BCUT2D eigenvalue weighted by Crippen LogP contribution is 2.21. The Labute approximate surface area is 124 Å². The van der Waals surface area contributed by atoms with Gasteiger partial charge in [0.15, 0.2) is 0 Å². The number of rotatable bonds is 7. The molecule has 0 aliphatic heterocycles. The van der Waals surface area contributed by atoms with Gasteiger partial charge in [-0.2, -0.15) is 4.98 Å². The second-order valence-electron chi connectivity index (χ2n) is 5.12. The number of benzene rings is 1. The summed E-state index contributed by atoms with van der Waals surface area (Å²) in [6.07, 6.45) is 0.412. The monoisotopic (exact) mass is 291 g/mol. The molecule has 0 radical (unpaired) electrons. The van der Waals surface area contributed by atoms with E-state index in [0.29, 0.717) is 24.7 Å². The van der Waals surface area contributed by atoms with E-state index in [1.165, 1.54) is 0 Å². The lowest BCUT2D eigenvalue weighted by atomic mass is 10.2. The Kier molecular flexibility index (Phi) is 5.30. The number of aliphatic hydroxyl groups excluding tert-OH is 1.